The van der Waals surface area contributed by atoms with Crippen LogP contribution in [-0.4, -0.2) is 44.9 Å². The zero-order valence-electron chi connectivity index (χ0n) is 13.6. The smallest absolute Gasteiger partial charge is 0.367 e. The Morgan fingerprint density at radius 3 is 2.62 bits per heavy atom. The number of aromatic amines is 1. The van der Waals surface area contributed by atoms with E-state index in [1.54, 1.807) is 4.90 Å². The minimum Gasteiger partial charge on any atom is -0.367 e. The molecule has 3 heterocycles. The van der Waals surface area contributed by atoms with Crippen molar-refractivity contribution in [3.05, 3.63) is 52.3 Å². The van der Waals surface area contributed by atoms with Gasteiger partial charge in [-0.05, 0) is 18.9 Å². The van der Waals surface area contributed by atoms with E-state index in [1.165, 1.54) is 18.3 Å². The second-order valence-corrected chi connectivity index (χ2v) is 5.94. The highest BCUT2D eigenvalue weighted by atomic mass is 19.4. The number of nitrogens with zero attached hydrogens (tertiary/aromatic N) is 3. The van der Waals surface area contributed by atoms with Crippen LogP contribution >= 0.6 is 0 Å². The zero-order chi connectivity index (χ0) is 18.7. The van der Waals surface area contributed by atoms with E-state index in [1.807, 2.05) is 0 Å². The molecular formula is C16H16F3N5O2. The molecule has 1 fully saturated rings. The zero-order valence-corrected chi connectivity index (χ0v) is 13.6. The largest absolute Gasteiger partial charge is 0.433 e. The van der Waals surface area contributed by atoms with Crippen molar-refractivity contribution in [3.63, 3.8) is 0 Å². The van der Waals surface area contributed by atoms with E-state index in [4.69, 9.17) is 0 Å². The van der Waals surface area contributed by atoms with Crippen LogP contribution in [0.4, 0.5) is 19.0 Å². The molecule has 10 heteroatoms. The number of hydrogen-bond acceptors (Lipinski definition) is 5. The lowest BCUT2D eigenvalue weighted by Gasteiger charge is -2.32. The van der Waals surface area contributed by atoms with Crippen LogP contribution in [0.5, 0.6) is 0 Å². The summed E-state index contributed by atoms with van der Waals surface area (Å²) in [5, 5.41) is 2.96. The lowest BCUT2D eigenvalue weighted by Crippen LogP contribution is -2.42. The normalized spacial score (nSPS) is 15.7. The first-order valence-corrected chi connectivity index (χ1v) is 7.97. The van der Waals surface area contributed by atoms with Gasteiger partial charge >= 0.3 is 6.18 Å². The Morgan fingerprint density at radius 2 is 1.96 bits per heavy atom. The van der Waals surface area contributed by atoms with Gasteiger partial charge < -0.3 is 15.2 Å². The molecule has 1 amide bonds. The number of rotatable bonds is 3. The molecule has 3 rings (SSSR count). The van der Waals surface area contributed by atoms with E-state index in [0.717, 1.165) is 12.4 Å². The van der Waals surface area contributed by atoms with E-state index in [2.05, 4.69) is 20.3 Å². The third-order valence-electron chi connectivity index (χ3n) is 4.11. The number of alkyl halides is 3. The van der Waals surface area contributed by atoms with Crippen molar-refractivity contribution in [2.45, 2.75) is 25.1 Å². The van der Waals surface area contributed by atoms with Crippen molar-refractivity contribution in [1.29, 1.82) is 0 Å². The molecule has 0 atom stereocenters. The number of aromatic nitrogens is 3. The number of halogens is 3. The van der Waals surface area contributed by atoms with Gasteiger partial charge in [-0.25, -0.2) is 9.97 Å². The Balaban J connectivity index is 1.59. The van der Waals surface area contributed by atoms with E-state index in [9.17, 15) is 22.8 Å². The molecule has 0 spiro atoms. The van der Waals surface area contributed by atoms with Gasteiger partial charge in [-0.1, -0.05) is 0 Å². The van der Waals surface area contributed by atoms with Gasteiger partial charge in [-0.3, -0.25) is 9.59 Å². The summed E-state index contributed by atoms with van der Waals surface area (Å²) in [4.78, 5) is 34.8. The van der Waals surface area contributed by atoms with Crippen molar-refractivity contribution in [3.8, 4) is 0 Å². The van der Waals surface area contributed by atoms with Gasteiger partial charge in [0.25, 0.3) is 5.91 Å². The molecule has 0 radical (unpaired) electrons. The number of likely N-dealkylation sites (tertiary alicyclic amines) is 1. The number of carbonyl (C=O) groups excluding carboxylic acids is 1. The molecular weight excluding hydrogens is 351 g/mol. The van der Waals surface area contributed by atoms with Crippen molar-refractivity contribution in [2.75, 3.05) is 18.4 Å². The number of H-pyrrole nitrogens is 1. The maximum atomic E-state index is 12.7. The van der Waals surface area contributed by atoms with E-state index in [-0.39, 0.29) is 23.3 Å². The summed E-state index contributed by atoms with van der Waals surface area (Å²) in [6.07, 6.45) is -1.13. The molecule has 0 bridgehead atoms. The summed E-state index contributed by atoms with van der Waals surface area (Å²) >= 11 is 0. The Morgan fingerprint density at radius 1 is 1.23 bits per heavy atom. The van der Waals surface area contributed by atoms with Gasteiger partial charge in [0.05, 0.1) is 0 Å². The average molecular weight is 367 g/mol. The van der Waals surface area contributed by atoms with Crippen LogP contribution in [0, 0.1) is 0 Å². The summed E-state index contributed by atoms with van der Waals surface area (Å²) in [5.41, 5.74) is -1.04. The van der Waals surface area contributed by atoms with Crippen LogP contribution in [0.25, 0.3) is 0 Å². The SMILES string of the molecule is O=C(c1cc[nH]c(=O)c1)N1CCC(Nc2cc(C(F)(F)F)ncn2)CC1. The number of nitrogens with one attached hydrogen (secondary N) is 2. The van der Waals surface area contributed by atoms with Crippen LogP contribution in [0.15, 0.2) is 35.5 Å². The van der Waals surface area contributed by atoms with Crippen LogP contribution < -0.4 is 10.9 Å². The molecule has 0 aliphatic carbocycles. The fourth-order valence-electron chi connectivity index (χ4n) is 2.79. The molecule has 26 heavy (non-hydrogen) atoms. The highest BCUT2D eigenvalue weighted by molar-refractivity contribution is 5.94. The summed E-state index contributed by atoms with van der Waals surface area (Å²) in [5.74, 6) is -0.136. The van der Waals surface area contributed by atoms with E-state index in [0.29, 0.717) is 31.5 Å². The quantitative estimate of drug-likeness (QED) is 0.865. The van der Waals surface area contributed by atoms with Crippen LogP contribution in [0.2, 0.25) is 0 Å². The summed E-state index contributed by atoms with van der Waals surface area (Å²) in [7, 11) is 0. The van der Waals surface area contributed by atoms with Gasteiger partial charge in [0.1, 0.15) is 17.8 Å². The van der Waals surface area contributed by atoms with Crippen LogP contribution in [0.3, 0.4) is 0 Å². The highest BCUT2D eigenvalue weighted by Crippen LogP contribution is 2.28. The molecule has 138 valence electrons. The fourth-order valence-corrected chi connectivity index (χ4v) is 2.79. The summed E-state index contributed by atoms with van der Waals surface area (Å²) in [6, 6.07) is 3.54. The molecule has 2 aromatic heterocycles. The number of anilines is 1. The molecule has 7 nitrogen and oxygen atoms in total. The Bertz CT molecular complexity index is 844. The van der Waals surface area contributed by atoms with Crippen molar-refractivity contribution >= 4 is 11.7 Å². The molecule has 0 saturated carbocycles. The lowest BCUT2D eigenvalue weighted by atomic mass is 10.0. The third kappa shape index (κ3) is 4.19. The number of amides is 1. The van der Waals surface area contributed by atoms with Crippen LogP contribution in [-0.2, 0) is 6.18 Å². The molecule has 1 saturated heterocycles. The number of piperidine rings is 1. The first-order chi connectivity index (χ1) is 12.3. The minimum absolute atomic E-state index is 0.103. The van der Waals surface area contributed by atoms with Gasteiger partial charge in [0.15, 0.2) is 0 Å². The van der Waals surface area contributed by atoms with E-state index >= 15 is 0 Å². The molecule has 1 aliphatic rings. The molecule has 0 unspecified atom stereocenters. The third-order valence-corrected chi connectivity index (χ3v) is 4.11. The van der Waals surface area contributed by atoms with Gasteiger partial charge in [0, 0.05) is 43.0 Å². The maximum Gasteiger partial charge on any atom is 0.433 e. The topological polar surface area (TPSA) is 91.0 Å². The number of pyridine rings is 1. The Labute approximate surface area is 146 Å². The predicted octanol–water partition coefficient (Wildman–Crippen LogP) is 1.90. The first kappa shape index (κ1) is 17.9. The average Bonchev–Trinajstić information content (AvgIpc) is 2.61. The van der Waals surface area contributed by atoms with Crippen molar-refractivity contribution < 1.29 is 18.0 Å². The molecule has 1 aliphatic heterocycles. The highest BCUT2D eigenvalue weighted by Gasteiger charge is 2.33. The summed E-state index contributed by atoms with van der Waals surface area (Å²) in [6.45, 7) is 0.862. The number of carbonyl (C=O) groups is 1. The van der Waals surface area contributed by atoms with Gasteiger partial charge in [-0.2, -0.15) is 13.2 Å². The van der Waals surface area contributed by atoms with Crippen LogP contribution in [0.1, 0.15) is 28.9 Å². The number of hydrogen-bond donors (Lipinski definition) is 2. The van der Waals surface area contributed by atoms with Gasteiger partial charge in [-0.15, -0.1) is 0 Å². The van der Waals surface area contributed by atoms with Crippen molar-refractivity contribution in [2.24, 2.45) is 0 Å². The Kier molecular flexibility index (Phi) is 4.92. The fraction of sp³-hybridized carbons (Fsp3) is 0.375. The predicted molar refractivity (Wildman–Crippen MR) is 86.6 cm³/mol. The standard InChI is InChI=1S/C16H16F3N5O2/c17-16(18,19)12-8-13(22-9-21-12)23-11-2-5-24(6-3-11)15(26)10-1-4-20-14(25)7-10/h1,4,7-9,11H,2-3,5-6H2,(H,20,25)(H,21,22,23). The van der Waals surface area contributed by atoms with Gasteiger partial charge in [0.2, 0.25) is 5.56 Å². The van der Waals surface area contributed by atoms with E-state index < -0.39 is 11.9 Å². The maximum absolute atomic E-state index is 12.7. The second-order valence-electron chi connectivity index (χ2n) is 5.94. The molecule has 2 aromatic rings. The monoisotopic (exact) mass is 367 g/mol. The first-order valence-electron chi connectivity index (χ1n) is 7.97. The molecule has 0 aromatic carbocycles. The lowest BCUT2D eigenvalue weighted by molar-refractivity contribution is -0.141. The van der Waals surface area contributed by atoms with Crippen molar-refractivity contribution in [1.82, 2.24) is 19.9 Å². The Hall–Kier alpha value is -2.91. The minimum atomic E-state index is -4.53. The summed E-state index contributed by atoms with van der Waals surface area (Å²) < 4.78 is 38.1. The second kappa shape index (κ2) is 7.14. The molecule has 2 N–H and O–H groups in total.